The molecule has 2 aromatic carbocycles. The molecule has 2 aromatic rings. The molecule has 0 aliphatic carbocycles. The van der Waals surface area contributed by atoms with Crippen LogP contribution < -0.4 is 15.7 Å². The van der Waals surface area contributed by atoms with Crippen molar-refractivity contribution in [2.75, 3.05) is 10.2 Å². The van der Waals surface area contributed by atoms with Gasteiger partial charge in [-0.25, -0.2) is 0 Å². The number of hydrogen-bond donors (Lipinski definition) is 2. The maximum atomic E-state index is 13.2. The van der Waals surface area contributed by atoms with Crippen LogP contribution in [-0.2, 0) is 9.31 Å². The molecule has 1 atom stereocenters. The summed E-state index contributed by atoms with van der Waals surface area (Å²) in [6.07, 6.45) is -1.25. The van der Waals surface area contributed by atoms with E-state index in [1.54, 1.807) is 24.3 Å². The molecule has 0 bridgehead atoms. The van der Waals surface area contributed by atoms with Crippen molar-refractivity contribution in [3.63, 3.8) is 0 Å². The lowest BCUT2D eigenvalue weighted by molar-refractivity contribution is 0.00578. The Balaban J connectivity index is 1.74. The Morgan fingerprint density at radius 2 is 1.72 bits per heavy atom. The molecule has 6 nitrogen and oxygen atoms in total. The summed E-state index contributed by atoms with van der Waals surface area (Å²) in [4.78, 5) is 14.5. The lowest BCUT2D eigenvalue weighted by atomic mass is 9.75. The van der Waals surface area contributed by atoms with Gasteiger partial charge in [-0.05, 0) is 63.8 Å². The predicted octanol–water partition coefficient (Wildman–Crippen LogP) is 3.30. The molecule has 1 unspecified atom stereocenters. The fourth-order valence-corrected chi connectivity index (χ4v) is 3.88. The molecule has 8 heteroatoms. The summed E-state index contributed by atoms with van der Waals surface area (Å²) in [7, 11) is -0.563. The molecule has 152 valence electrons. The van der Waals surface area contributed by atoms with E-state index in [0.717, 1.165) is 11.0 Å². The van der Waals surface area contributed by atoms with Crippen molar-refractivity contribution < 1.29 is 19.2 Å². The molecule has 2 aliphatic heterocycles. The molecule has 29 heavy (non-hydrogen) atoms. The number of nitrogens with one attached hydrogen (secondary N) is 1. The standard InChI is InChI=1S/C21H24BClN2O4/c1-12-14(22-28-20(2,3)21(4,5)29-22)9-7-11-16(12)25-18(26)13-8-6-10-15(23)17(13)24-19(25)27/h6-11,19,24,27H,1-5H3. The lowest BCUT2D eigenvalue weighted by Crippen LogP contribution is -2.50. The number of carbonyl (C=O) groups is 1. The summed E-state index contributed by atoms with van der Waals surface area (Å²) in [5, 5.41) is 14.0. The first kappa shape index (κ1) is 20.2. The third-order valence-corrected chi connectivity index (χ3v) is 6.41. The van der Waals surface area contributed by atoms with E-state index in [0.29, 0.717) is 22.0 Å². The topological polar surface area (TPSA) is 71.0 Å². The highest BCUT2D eigenvalue weighted by molar-refractivity contribution is 6.62. The molecule has 1 amide bonds. The van der Waals surface area contributed by atoms with Crippen LogP contribution in [0.25, 0.3) is 0 Å². The largest absolute Gasteiger partial charge is 0.495 e. The Hall–Kier alpha value is -2.06. The second-order valence-electron chi connectivity index (χ2n) is 8.44. The van der Waals surface area contributed by atoms with E-state index >= 15 is 0 Å². The number of anilines is 2. The van der Waals surface area contributed by atoms with Crippen molar-refractivity contribution >= 4 is 41.5 Å². The summed E-state index contributed by atoms with van der Waals surface area (Å²) < 4.78 is 12.4. The maximum absolute atomic E-state index is 13.2. The van der Waals surface area contributed by atoms with Gasteiger partial charge in [0.25, 0.3) is 5.91 Å². The smallest absolute Gasteiger partial charge is 0.399 e. The number of fused-ring (bicyclic) bond motifs is 1. The molecule has 2 heterocycles. The minimum Gasteiger partial charge on any atom is -0.399 e. The second kappa shape index (κ2) is 6.74. The van der Waals surface area contributed by atoms with Crippen LogP contribution in [-0.4, -0.2) is 35.7 Å². The Morgan fingerprint density at radius 1 is 1.10 bits per heavy atom. The van der Waals surface area contributed by atoms with E-state index in [2.05, 4.69) is 5.32 Å². The normalized spacial score (nSPS) is 22.4. The van der Waals surface area contributed by atoms with Crippen molar-refractivity contribution in [2.45, 2.75) is 52.2 Å². The van der Waals surface area contributed by atoms with Gasteiger partial charge >= 0.3 is 7.12 Å². The van der Waals surface area contributed by atoms with Crippen LogP contribution >= 0.6 is 11.6 Å². The van der Waals surface area contributed by atoms with Crippen molar-refractivity contribution in [2.24, 2.45) is 0 Å². The van der Waals surface area contributed by atoms with E-state index in [-0.39, 0.29) is 5.91 Å². The van der Waals surface area contributed by atoms with E-state index in [4.69, 9.17) is 20.9 Å². The Labute approximate surface area is 175 Å². The van der Waals surface area contributed by atoms with Gasteiger partial charge in [0.1, 0.15) is 0 Å². The molecule has 4 rings (SSSR count). The zero-order valence-electron chi connectivity index (χ0n) is 17.1. The first-order chi connectivity index (χ1) is 13.5. The molecule has 0 spiro atoms. The highest BCUT2D eigenvalue weighted by Gasteiger charge is 2.52. The molecule has 0 aromatic heterocycles. The van der Waals surface area contributed by atoms with Gasteiger partial charge in [0, 0.05) is 0 Å². The second-order valence-corrected chi connectivity index (χ2v) is 8.84. The number of benzene rings is 2. The first-order valence-corrected chi connectivity index (χ1v) is 9.93. The monoisotopic (exact) mass is 414 g/mol. The summed E-state index contributed by atoms with van der Waals surface area (Å²) in [6.45, 7) is 9.87. The van der Waals surface area contributed by atoms with Crippen molar-refractivity contribution in [3.8, 4) is 0 Å². The average molecular weight is 415 g/mol. The number of aliphatic hydroxyl groups is 1. The number of para-hydroxylation sites is 1. The van der Waals surface area contributed by atoms with Crippen LogP contribution in [0.5, 0.6) is 0 Å². The molecule has 2 aliphatic rings. The SMILES string of the molecule is Cc1c(B2OC(C)(C)C(C)(C)O2)cccc1N1C(=O)c2cccc(Cl)c2NC1O. The minimum absolute atomic E-state index is 0.331. The van der Waals surface area contributed by atoms with E-state index in [9.17, 15) is 9.90 Å². The molecular weight excluding hydrogens is 391 g/mol. The van der Waals surface area contributed by atoms with Gasteiger partial charge < -0.3 is 19.7 Å². The van der Waals surface area contributed by atoms with Gasteiger partial charge in [-0.3, -0.25) is 9.69 Å². The van der Waals surface area contributed by atoms with Crippen LogP contribution in [0.3, 0.4) is 0 Å². The summed E-state index contributed by atoms with van der Waals surface area (Å²) >= 11 is 6.19. The van der Waals surface area contributed by atoms with Crippen LogP contribution in [0.1, 0.15) is 43.6 Å². The average Bonchev–Trinajstić information content (AvgIpc) is 2.85. The fraction of sp³-hybridized carbons (Fsp3) is 0.381. The molecule has 0 radical (unpaired) electrons. The highest BCUT2D eigenvalue weighted by atomic mass is 35.5. The Morgan fingerprint density at radius 3 is 2.38 bits per heavy atom. The summed E-state index contributed by atoms with van der Waals surface area (Å²) in [5.41, 5.74) is 2.08. The number of rotatable bonds is 2. The third-order valence-electron chi connectivity index (χ3n) is 6.09. The van der Waals surface area contributed by atoms with Crippen molar-refractivity contribution in [1.82, 2.24) is 0 Å². The Bertz CT molecular complexity index is 979. The molecular formula is C21H24BClN2O4. The van der Waals surface area contributed by atoms with Gasteiger partial charge in [-0.1, -0.05) is 29.8 Å². The zero-order chi connectivity index (χ0) is 21.1. The fourth-order valence-electron chi connectivity index (χ4n) is 3.65. The quantitative estimate of drug-likeness (QED) is 0.738. The van der Waals surface area contributed by atoms with Gasteiger partial charge in [0.05, 0.1) is 33.2 Å². The van der Waals surface area contributed by atoms with Crippen LogP contribution in [0.2, 0.25) is 5.02 Å². The predicted molar refractivity (Wildman–Crippen MR) is 115 cm³/mol. The number of aliphatic hydroxyl groups excluding tert-OH is 1. The number of nitrogens with zero attached hydrogens (tertiary/aromatic N) is 1. The zero-order valence-corrected chi connectivity index (χ0v) is 17.9. The number of halogens is 1. The van der Waals surface area contributed by atoms with Gasteiger partial charge in [0.15, 0.2) is 0 Å². The Kier molecular flexibility index (Phi) is 4.70. The van der Waals surface area contributed by atoms with Crippen LogP contribution in [0.15, 0.2) is 36.4 Å². The van der Waals surface area contributed by atoms with Crippen molar-refractivity contribution in [1.29, 1.82) is 0 Å². The van der Waals surface area contributed by atoms with Gasteiger partial charge in [-0.2, -0.15) is 0 Å². The van der Waals surface area contributed by atoms with Crippen LogP contribution in [0.4, 0.5) is 11.4 Å². The van der Waals surface area contributed by atoms with Crippen molar-refractivity contribution in [3.05, 3.63) is 52.5 Å². The number of hydrogen-bond acceptors (Lipinski definition) is 5. The van der Waals surface area contributed by atoms with E-state index in [1.807, 2.05) is 46.8 Å². The highest BCUT2D eigenvalue weighted by Crippen LogP contribution is 2.38. The number of carbonyl (C=O) groups excluding carboxylic acids is 1. The van der Waals surface area contributed by atoms with E-state index < -0.39 is 24.7 Å². The van der Waals surface area contributed by atoms with Gasteiger partial charge in [0.2, 0.25) is 6.35 Å². The van der Waals surface area contributed by atoms with Crippen LogP contribution in [0, 0.1) is 6.92 Å². The molecule has 0 saturated carbocycles. The summed E-state index contributed by atoms with van der Waals surface area (Å²) in [5.74, 6) is -0.331. The first-order valence-electron chi connectivity index (χ1n) is 9.55. The van der Waals surface area contributed by atoms with E-state index in [1.165, 1.54) is 4.90 Å². The maximum Gasteiger partial charge on any atom is 0.495 e. The number of amides is 1. The molecule has 1 fully saturated rings. The lowest BCUT2D eigenvalue weighted by Gasteiger charge is -2.36. The third kappa shape index (κ3) is 3.13. The minimum atomic E-state index is -1.25. The van der Waals surface area contributed by atoms with Gasteiger partial charge in [-0.15, -0.1) is 0 Å². The molecule has 1 saturated heterocycles. The molecule has 2 N–H and O–H groups in total. The summed E-state index contributed by atoms with van der Waals surface area (Å²) in [6, 6.07) is 10.6.